The lowest BCUT2D eigenvalue weighted by atomic mass is 10.1. The van der Waals surface area contributed by atoms with Crippen LogP contribution in [0.5, 0.6) is 0 Å². The van der Waals surface area contributed by atoms with E-state index in [2.05, 4.69) is 0 Å². The van der Waals surface area contributed by atoms with Gasteiger partial charge in [0.2, 0.25) is 0 Å². The quantitative estimate of drug-likeness (QED) is 0.438. The first-order valence-electron chi connectivity index (χ1n) is 3.10. The van der Waals surface area contributed by atoms with E-state index in [0.29, 0.717) is 6.61 Å². The number of aliphatic hydroxyl groups is 1. The lowest BCUT2D eigenvalue weighted by Crippen LogP contribution is -2.30. The molecular weight excluding hydrogens is 120 g/mol. The van der Waals surface area contributed by atoms with Gasteiger partial charge >= 0.3 is 0 Å². The summed E-state index contributed by atoms with van der Waals surface area (Å²) in [6, 6.07) is 0. The highest BCUT2D eigenvalue weighted by molar-refractivity contribution is 4.93. The maximum absolute atomic E-state index is 9.10. The van der Waals surface area contributed by atoms with Crippen LogP contribution in [0.1, 0.15) is 13.3 Å². The van der Waals surface area contributed by atoms with Crippen LogP contribution in [0.15, 0.2) is 0 Å². The smallest absolute Gasteiger partial charge is 0.185 e. The zero-order chi connectivity index (χ0) is 6.91. The van der Waals surface area contributed by atoms with Gasteiger partial charge in [-0.15, -0.1) is 0 Å². The summed E-state index contributed by atoms with van der Waals surface area (Å²) in [5.41, 5.74) is -0.366. The molecule has 0 bridgehead atoms. The minimum Gasteiger partial charge on any atom is -0.366 e. The van der Waals surface area contributed by atoms with E-state index in [1.54, 1.807) is 0 Å². The Hall–Kier alpha value is -0.120. The molecule has 0 amide bonds. The molecule has 2 atom stereocenters. The highest BCUT2D eigenvalue weighted by Gasteiger charge is 2.50. The number of hydrogen-bond donors (Lipinski definition) is 1. The molecule has 0 aromatic heterocycles. The van der Waals surface area contributed by atoms with Gasteiger partial charge in [-0.2, -0.15) is 0 Å². The van der Waals surface area contributed by atoms with E-state index in [1.807, 2.05) is 6.92 Å². The van der Waals surface area contributed by atoms with Crippen LogP contribution >= 0.6 is 0 Å². The lowest BCUT2D eigenvalue weighted by molar-refractivity contribution is -0.123. The Morgan fingerprint density at radius 3 is 2.56 bits per heavy atom. The Bertz CT molecular complexity index is 98.5. The molecule has 0 aromatic rings. The average molecular weight is 132 g/mol. The summed E-state index contributed by atoms with van der Waals surface area (Å²) in [5, 5.41) is 9.10. The summed E-state index contributed by atoms with van der Waals surface area (Å²) >= 11 is 0. The molecule has 1 aliphatic rings. The van der Waals surface area contributed by atoms with Gasteiger partial charge in [-0.1, -0.05) is 6.92 Å². The first kappa shape index (κ1) is 6.99. The molecular formula is C6H12O3. The SMILES string of the molecule is CC[C@@]1(C(O)OC)CO1. The number of rotatable bonds is 3. The van der Waals surface area contributed by atoms with Crippen LogP contribution in [0.2, 0.25) is 0 Å². The van der Waals surface area contributed by atoms with Gasteiger partial charge in [-0.05, 0) is 6.42 Å². The van der Waals surface area contributed by atoms with Crippen molar-refractivity contribution in [3.63, 3.8) is 0 Å². The van der Waals surface area contributed by atoms with E-state index in [0.717, 1.165) is 6.42 Å². The summed E-state index contributed by atoms with van der Waals surface area (Å²) in [7, 11) is 1.48. The number of methoxy groups -OCH3 is 1. The number of aliphatic hydroxyl groups excluding tert-OH is 1. The van der Waals surface area contributed by atoms with Crippen molar-refractivity contribution in [3.05, 3.63) is 0 Å². The summed E-state index contributed by atoms with van der Waals surface area (Å²) in [6.45, 7) is 2.59. The molecule has 3 nitrogen and oxygen atoms in total. The van der Waals surface area contributed by atoms with Gasteiger partial charge in [-0.25, -0.2) is 0 Å². The summed E-state index contributed by atoms with van der Waals surface area (Å²) < 4.78 is 9.72. The molecule has 1 fully saturated rings. The Morgan fingerprint density at radius 1 is 1.89 bits per heavy atom. The fraction of sp³-hybridized carbons (Fsp3) is 1.00. The number of epoxide rings is 1. The zero-order valence-electron chi connectivity index (χ0n) is 5.76. The van der Waals surface area contributed by atoms with Gasteiger partial charge in [0, 0.05) is 7.11 Å². The predicted molar refractivity (Wildman–Crippen MR) is 32.0 cm³/mol. The minimum absolute atomic E-state index is 0.366. The van der Waals surface area contributed by atoms with Gasteiger partial charge in [-0.3, -0.25) is 0 Å². The minimum atomic E-state index is -0.748. The van der Waals surface area contributed by atoms with E-state index in [1.165, 1.54) is 7.11 Å². The van der Waals surface area contributed by atoms with Crippen LogP contribution in [-0.4, -0.2) is 30.7 Å². The van der Waals surface area contributed by atoms with Gasteiger partial charge in [0.1, 0.15) is 5.60 Å². The molecule has 1 rings (SSSR count). The monoisotopic (exact) mass is 132 g/mol. The molecule has 0 aliphatic carbocycles. The van der Waals surface area contributed by atoms with E-state index >= 15 is 0 Å². The third-order valence-electron chi connectivity index (χ3n) is 1.79. The highest BCUT2D eigenvalue weighted by Crippen LogP contribution is 2.34. The van der Waals surface area contributed by atoms with Crippen molar-refractivity contribution in [2.45, 2.75) is 25.2 Å². The van der Waals surface area contributed by atoms with Crippen LogP contribution in [0.4, 0.5) is 0 Å². The van der Waals surface area contributed by atoms with Crippen LogP contribution < -0.4 is 0 Å². The molecule has 1 aliphatic heterocycles. The molecule has 0 aromatic carbocycles. The third-order valence-corrected chi connectivity index (χ3v) is 1.79. The van der Waals surface area contributed by atoms with E-state index < -0.39 is 6.29 Å². The molecule has 1 unspecified atom stereocenters. The first-order chi connectivity index (χ1) is 4.25. The van der Waals surface area contributed by atoms with E-state index in [-0.39, 0.29) is 5.60 Å². The molecule has 9 heavy (non-hydrogen) atoms. The molecule has 1 heterocycles. The van der Waals surface area contributed by atoms with Crippen LogP contribution in [-0.2, 0) is 9.47 Å². The van der Waals surface area contributed by atoms with Crippen LogP contribution in [0.3, 0.4) is 0 Å². The summed E-state index contributed by atoms with van der Waals surface area (Å²) in [4.78, 5) is 0. The average Bonchev–Trinajstić information content (AvgIpc) is 2.66. The highest BCUT2D eigenvalue weighted by atomic mass is 16.7. The second-order valence-electron chi connectivity index (χ2n) is 2.30. The zero-order valence-corrected chi connectivity index (χ0v) is 5.76. The number of hydrogen-bond acceptors (Lipinski definition) is 3. The van der Waals surface area contributed by atoms with Crippen molar-refractivity contribution in [2.24, 2.45) is 0 Å². The predicted octanol–water partition coefficient (Wildman–Crippen LogP) is 0.130. The van der Waals surface area contributed by atoms with Crippen molar-refractivity contribution in [2.75, 3.05) is 13.7 Å². The Labute approximate surface area is 54.6 Å². The normalized spacial score (nSPS) is 36.3. The van der Waals surface area contributed by atoms with Crippen molar-refractivity contribution in [3.8, 4) is 0 Å². The van der Waals surface area contributed by atoms with Crippen molar-refractivity contribution in [1.29, 1.82) is 0 Å². The molecule has 0 spiro atoms. The lowest BCUT2D eigenvalue weighted by Gasteiger charge is -2.14. The van der Waals surface area contributed by atoms with Gasteiger partial charge < -0.3 is 14.6 Å². The fourth-order valence-electron chi connectivity index (χ4n) is 0.829. The molecule has 0 radical (unpaired) electrons. The van der Waals surface area contributed by atoms with Crippen LogP contribution in [0, 0.1) is 0 Å². The topological polar surface area (TPSA) is 42.0 Å². The molecule has 54 valence electrons. The van der Waals surface area contributed by atoms with Crippen molar-refractivity contribution < 1.29 is 14.6 Å². The Balaban J connectivity index is 2.39. The van der Waals surface area contributed by atoms with Gasteiger partial charge in [0.05, 0.1) is 6.61 Å². The summed E-state index contributed by atoms with van der Waals surface area (Å²) in [5.74, 6) is 0. The van der Waals surface area contributed by atoms with Gasteiger partial charge in [0.15, 0.2) is 6.29 Å². The van der Waals surface area contributed by atoms with Gasteiger partial charge in [0.25, 0.3) is 0 Å². The largest absolute Gasteiger partial charge is 0.366 e. The second-order valence-corrected chi connectivity index (χ2v) is 2.30. The molecule has 1 N–H and O–H groups in total. The van der Waals surface area contributed by atoms with Crippen LogP contribution in [0.25, 0.3) is 0 Å². The summed E-state index contributed by atoms with van der Waals surface area (Å²) in [6.07, 6.45) is 0.0599. The van der Waals surface area contributed by atoms with Crippen molar-refractivity contribution in [1.82, 2.24) is 0 Å². The molecule has 0 saturated carbocycles. The maximum atomic E-state index is 9.10. The number of ether oxygens (including phenoxy) is 2. The standard InChI is InChI=1S/C6H12O3/c1-3-6(4-9-6)5(7)8-2/h5,7H,3-4H2,1-2H3/t5?,6-/m0/s1. The second kappa shape index (κ2) is 2.25. The first-order valence-corrected chi connectivity index (χ1v) is 3.10. The Morgan fingerprint density at radius 2 is 2.44 bits per heavy atom. The maximum Gasteiger partial charge on any atom is 0.185 e. The third kappa shape index (κ3) is 1.08. The van der Waals surface area contributed by atoms with Crippen molar-refractivity contribution >= 4 is 0 Å². The Kier molecular flexibility index (Phi) is 1.75. The molecule has 1 saturated heterocycles. The van der Waals surface area contributed by atoms with E-state index in [4.69, 9.17) is 14.6 Å². The fourth-order valence-corrected chi connectivity index (χ4v) is 0.829. The van der Waals surface area contributed by atoms with E-state index in [9.17, 15) is 0 Å². The molecule has 3 heteroatoms.